The van der Waals surface area contributed by atoms with Crippen molar-refractivity contribution in [3.63, 3.8) is 0 Å². The van der Waals surface area contributed by atoms with Gasteiger partial charge in [0.25, 0.3) is 0 Å². The molecule has 0 amide bonds. The summed E-state index contributed by atoms with van der Waals surface area (Å²) in [6, 6.07) is 2.52. The lowest BCUT2D eigenvalue weighted by Crippen LogP contribution is -2.09. The molecule has 1 atom stereocenters. The van der Waals surface area contributed by atoms with Gasteiger partial charge in [-0.3, -0.25) is 4.68 Å². The predicted molar refractivity (Wildman–Crippen MR) is 71.5 cm³/mol. The molecule has 0 aliphatic heterocycles. The number of hydrogen-bond acceptors (Lipinski definition) is 4. The normalized spacial score (nSPS) is 18.0. The molecule has 2 N–H and O–H groups in total. The number of nitrogens with zero attached hydrogens (tertiary/aromatic N) is 5. The first kappa shape index (κ1) is 12.3. The summed E-state index contributed by atoms with van der Waals surface area (Å²) in [7, 11) is 0. The van der Waals surface area contributed by atoms with Gasteiger partial charge in [-0.1, -0.05) is 12.8 Å². The van der Waals surface area contributed by atoms with Gasteiger partial charge < -0.3 is 5.73 Å². The lowest BCUT2D eigenvalue weighted by Gasteiger charge is -2.08. The molecule has 0 radical (unpaired) electrons. The van der Waals surface area contributed by atoms with Crippen LogP contribution in [-0.4, -0.2) is 24.5 Å². The van der Waals surface area contributed by atoms with E-state index in [4.69, 9.17) is 5.73 Å². The summed E-state index contributed by atoms with van der Waals surface area (Å²) < 4.78 is 3.89. The Morgan fingerprint density at radius 3 is 2.84 bits per heavy atom. The molecule has 2 heterocycles. The summed E-state index contributed by atoms with van der Waals surface area (Å²) in [6.07, 6.45) is 8.93. The van der Waals surface area contributed by atoms with Crippen LogP contribution in [0.1, 0.15) is 56.2 Å². The van der Waals surface area contributed by atoms with Crippen molar-refractivity contribution in [3.8, 4) is 0 Å². The summed E-state index contributed by atoms with van der Waals surface area (Å²) >= 11 is 0. The van der Waals surface area contributed by atoms with Crippen LogP contribution < -0.4 is 5.73 Å². The summed E-state index contributed by atoms with van der Waals surface area (Å²) in [5.74, 6) is 0.676. The van der Waals surface area contributed by atoms with E-state index in [0.29, 0.717) is 18.4 Å². The van der Waals surface area contributed by atoms with Crippen LogP contribution in [0, 0.1) is 0 Å². The Labute approximate surface area is 112 Å². The van der Waals surface area contributed by atoms with Gasteiger partial charge >= 0.3 is 0 Å². The molecular formula is C13H20N6. The van der Waals surface area contributed by atoms with Crippen LogP contribution in [0.5, 0.6) is 0 Å². The largest absolute Gasteiger partial charge is 0.321 e. The maximum Gasteiger partial charge on any atom is 0.166 e. The number of aromatic nitrogens is 5. The van der Waals surface area contributed by atoms with Gasteiger partial charge in [0.1, 0.15) is 6.33 Å². The zero-order chi connectivity index (χ0) is 13.2. The second-order valence-electron chi connectivity index (χ2n) is 5.31. The van der Waals surface area contributed by atoms with Gasteiger partial charge in [-0.2, -0.15) is 10.2 Å². The smallest absolute Gasteiger partial charge is 0.166 e. The minimum absolute atomic E-state index is 0.128. The zero-order valence-corrected chi connectivity index (χ0v) is 11.2. The van der Waals surface area contributed by atoms with E-state index in [1.165, 1.54) is 25.7 Å². The molecule has 3 rings (SSSR count). The summed E-state index contributed by atoms with van der Waals surface area (Å²) in [4.78, 5) is 4.19. The highest BCUT2D eigenvalue weighted by molar-refractivity contribution is 5.01. The summed E-state index contributed by atoms with van der Waals surface area (Å²) in [5.41, 5.74) is 6.77. The van der Waals surface area contributed by atoms with E-state index in [2.05, 4.69) is 32.1 Å². The second kappa shape index (κ2) is 5.13. The van der Waals surface area contributed by atoms with Crippen molar-refractivity contribution in [2.24, 2.45) is 5.73 Å². The number of nitrogens with two attached hydrogens (primary N) is 1. The summed E-state index contributed by atoms with van der Waals surface area (Å²) in [5, 5.41) is 8.98. The van der Waals surface area contributed by atoms with Gasteiger partial charge in [0.2, 0.25) is 0 Å². The summed E-state index contributed by atoms with van der Waals surface area (Å²) in [6.45, 7) is 2.54. The van der Waals surface area contributed by atoms with Crippen molar-refractivity contribution in [1.82, 2.24) is 24.5 Å². The van der Waals surface area contributed by atoms with Crippen molar-refractivity contribution in [2.45, 2.75) is 51.2 Å². The Hall–Kier alpha value is -1.69. The van der Waals surface area contributed by atoms with Crippen LogP contribution in [-0.2, 0) is 6.54 Å². The standard InChI is InChI=1S/C13H20N6/c1-10(14)13-15-9-18(17-13)8-11-6-7-19(16-11)12-4-2-3-5-12/h6-7,9-10,12H,2-5,8,14H2,1H3. The third kappa shape index (κ3) is 2.68. The quantitative estimate of drug-likeness (QED) is 0.907. The molecule has 0 aromatic carbocycles. The lowest BCUT2D eigenvalue weighted by molar-refractivity contribution is 0.460. The van der Waals surface area contributed by atoms with Crippen LogP contribution in [0.4, 0.5) is 0 Å². The van der Waals surface area contributed by atoms with E-state index in [-0.39, 0.29) is 6.04 Å². The van der Waals surface area contributed by atoms with Gasteiger partial charge in [0, 0.05) is 6.20 Å². The molecule has 1 fully saturated rings. The molecule has 102 valence electrons. The van der Waals surface area contributed by atoms with Crippen molar-refractivity contribution >= 4 is 0 Å². The zero-order valence-electron chi connectivity index (χ0n) is 11.2. The molecule has 19 heavy (non-hydrogen) atoms. The first-order chi connectivity index (χ1) is 9.22. The molecule has 0 spiro atoms. The van der Waals surface area contributed by atoms with Gasteiger partial charge in [-0.05, 0) is 25.8 Å². The van der Waals surface area contributed by atoms with Crippen LogP contribution in [0.2, 0.25) is 0 Å². The fraction of sp³-hybridized carbons (Fsp3) is 0.615. The Morgan fingerprint density at radius 1 is 1.37 bits per heavy atom. The molecule has 6 nitrogen and oxygen atoms in total. The van der Waals surface area contributed by atoms with Gasteiger partial charge in [-0.15, -0.1) is 0 Å². The third-order valence-corrected chi connectivity index (χ3v) is 3.65. The van der Waals surface area contributed by atoms with E-state index < -0.39 is 0 Å². The Balaban J connectivity index is 1.68. The highest BCUT2D eigenvalue weighted by Crippen LogP contribution is 2.28. The fourth-order valence-corrected chi connectivity index (χ4v) is 2.59. The average molecular weight is 260 g/mol. The molecule has 2 aromatic rings. The minimum atomic E-state index is -0.128. The Bertz CT molecular complexity index is 535. The monoisotopic (exact) mass is 260 g/mol. The molecule has 1 aliphatic rings. The fourth-order valence-electron chi connectivity index (χ4n) is 2.59. The van der Waals surface area contributed by atoms with Crippen molar-refractivity contribution in [1.29, 1.82) is 0 Å². The average Bonchev–Trinajstić information content (AvgIpc) is 3.09. The van der Waals surface area contributed by atoms with Gasteiger partial charge in [0.15, 0.2) is 5.82 Å². The maximum atomic E-state index is 5.75. The molecule has 0 bridgehead atoms. The molecule has 1 saturated carbocycles. The highest BCUT2D eigenvalue weighted by Gasteiger charge is 2.17. The molecule has 1 unspecified atom stereocenters. The molecule has 1 aliphatic carbocycles. The lowest BCUT2D eigenvalue weighted by atomic mass is 10.3. The van der Waals surface area contributed by atoms with Crippen molar-refractivity contribution in [2.75, 3.05) is 0 Å². The topological polar surface area (TPSA) is 74.5 Å². The van der Waals surface area contributed by atoms with E-state index in [9.17, 15) is 0 Å². The molecule has 6 heteroatoms. The van der Waals surface area contributed by atoms with Gasteiger partial charge in [0.05, 0.1) is 24.3 Å². The van der Waals surface area contributed by atoms with E-state index in [0.717, 1.165) is 5.69 Å². The van der Waals surface area contributed by atoms with Crippen LogP contribution >= 0.6 is 0 Å². The number of hydrogen-bond donors (Lipinski definition) is 1. The van der Waals surface area contributed by atoms with Crippen molar-refractivity contribution in [3.05, 3.63) is 30.1 Å². The van der Waals surface area contributed by atoms with E-state index >= 15 is 0 Å². The maximum absolute atomic E-state index is 5.75. The van der Waals surface area contributed by atoms with E-state index in [1.807, 2.05) is 6.92 Å². The first-order valence-corrected chi connectivity index (χ1v) is 6.91. The Morgan fingerprint density at radius 2 is 2.16 bits per heavy atom. The van der Waals surface area contributed by atoms with Crippen LogP contribution in [0.25, 0.3) is 0 Å². The molecular weight excluding hydrogens is 240 g/mol. The Kier molecular flexibility index (Phi) is 3.33. The molecule has 0 saturated heterocycles. The highest BCUT2D eigenvalue weighted by atomic mass is 15.4. The second-order valence-corrected chi connectivity index (χ2v) is 5.31. The van der Waals surface area contributed by atoms with Crippen molar-refractivity contribution < 1.29 is 0 Å². The van der Waals surface area contributed by atoms with E-state index in [1.54, 1.807) is 11.0 Å². The third-order valence-electron chi connectivity index (χ3n) is 3.65. The number of rotatable bonds is 4. The van der Waals surface area contributed by atoms with Gasteiger partial charge in [-0.25, -0.2) is 9.67 Å². The molecule has 2 aromatic heterocycles. The van der Waals surface area contributed by atoms with Crippen LogP contribution in [0.15, 0.2) is 18.6 Å². The minimum Gasteiger partial charge on any atom is -0.321 e. The van der Waals surface area contributed by atoms with Crippen LogP contribution in [0.3, 0.4) is 0 Å². The SMILES string of the molecule is CC(N)c1ncn(Cc2ccn(C3CCCC3)n2)n1. The predicted octanol–water partition coefficient (Wildman–Crippen LogP) is 1.66. The first-order valence-electron chi connectivity index (χ1n) is 6.91.